The van der Waals surface area contributed by atoms with Crippen LogP contribution in [-0.4, -0.2) is 26.6 Å². The van der Waals surface area contributed by atoms with Crippen molar-refractivity contribution in [3.63, 3.8) is 0 Å². The number of benzene rings is 2. The van der Waals surface area contributed by atoms with E-state index in [1.807, 2.05) is 69.3 Å². The minimum Gasteiger partial charge on any atom is -0.311 e. The number of likely N-dealkylation sites (N-methyl/N-ethyl adjacent to an activating group) is 1. The van der Waals surface area contributed by atoms with Crippen LogP contribution in [0.25, 0.3) is 16.7 Å². The number of nitrogens with zero attached hydrogens (tertiary/aromatic N) is 4. The van der Waals surface area contributed by atoms with Gasteiger partial charge in [0.15, 0.2) is 5.65 Å². The van der Waals surface area contributed by atoms with Crippen LogP contribution in [0.1, 0.15) is 18.2 Å². The molecule has 7 nitrogen and oxygen atoms in total. The van der Waals surface area contributed by atoms with Crippen LogP contribution in [0.15, 0.2) is 76.3 Å². The number of amides is 1. The molecule has 0 saturated carbocycles. The molecule has 0 saturated heterocycles. The highest BCUT2D eigenvalue weighted by molar-refractivity contribution is 5.93. The van der Waals surface area contributed by atoms with Gasteiger partial charge in [0.2, 0.25) is 5.91 Å². The fourth-order valence-electron chi connectivity index (χ4n) is 3.96. The lowest BCUT2D eigenvalue weighted by molar-refractivity contribution is -0.119. The first-order chi connectivity index (χ1) is 15.4. The maximum Gasteiger partial charge on any atom is 0.337 e. The van der Waals surface area contributed by atoms with Crippen molar-refractivity contribution in [2.75, 3.05) is 11.4 Å². The van der Waals surface area contributed by atoms with E-state index in [4.69, 9.17) is 0 Å². The van der Waals surface area contributed by atoms with Gasteiger partial charge in [-0.2, -0.15) is 0 Å². The van der Waals surface area contributed by atoms with Crippen molar-refractivity contribution < 1.29 is 4.79 Å². The van der Waals surface area contributed by atoms with Crippen LogP contribution in [0.4, 0.5) is 5.69 Å². The fraction of sp³-hybridized carbons (Fsp3) is 0.200. The molecule has 2 aromatic heterocycles. The molecule has 4 aromatic rings. The molecule has 2 heterocycles. The Hall–Kier alpha value is -4.00. The normalized spacial score (nSPS) is 11.0. The third-order valence-electron chi connectivity index (χ3n) is 5.41. The van der Waals surface area contributed by atoms with E-state index in [2.05, 4.69) is 4.98 Å². The molecule has 162 valence electrons. The smallest absolute Gasteiger partial charge is 0.311 e. The van der Waals surface area contributed by atoms with Crippen LogP contribution >= 0.6 is 0 Å². The Balaban J connectivity index is 1.94. The van der Waals surface area contributed by atoms with E-state index in [-0.39, 0.29) is 12.5 Å². The molecule has 0 aliphatic carbocycles. The minimum absolute atomic E-state index is 0.294. The number of pyridine rings is 1. The Bertz CT molecular complexity index is 1410. The highest BCUT2D eigenvalue weighted by Crippen LogP contribution is 2.17. The van der Waals surface area contributed by atoms with Crippen molar-refractivity contribution in [2.45, 2.75) is 27.3 Å². The number of hydrogen-bond acceptors (Lipinski definition) is 4. The Labute approximate surface area is 185 Å². The second-order valence-corrected chi connectivity index (χ2v) is 7.60. The van der Waals surface area contributed by atoms with E-state index < -0.39 is 11.2 Å². The van der Waals surface area contributed by atoms with E-state index in [0.717, 1.165) is 4.57 Å². The van der Waals surface area contributed by atoms with Crippen LogP contribution in [0, 0.1) is 13.8 Å². The molecular formula is C25H24N4O3. The minimum atomic E-state index is -0.594. The molecule has 32 heavy (non-hydrogen) atoms. The number of hydrogen-bond donors (Lipinski definition) is 0. The molecule has 0 unspecified atom stereocenters. The predicted octanol–water partition coefficient (Wildman–Crippen LogP) is 3.22. The number of para-hydroxylation sites is 2. The van der Waals surface area contributed by atoms with Gasteiger partial charge in [0.25, 0.3) is 5.56 Å². The van der Waals surface area contributed by atoms with Crippen molar-refractivity contribution in [2.24, 2.45) is 0 Å². The van der Waals surface area contributed by atoms with Gasteiger partial charge in [-0.05, 0) is 56.7 Å². The second kappa shape index (κ2) is 8.63. The first-order valence-electron chi connectivity index (χ1n) is 10.5. The zero-order valence-corrected chi connectivity index (χ0v) is 18.3. The van der Waals surface area contributed by atoms with Crippen molar-refractivity contribution in [3.05, 3.63) is 98.8 Å². The number of fused-ring (bicyclic) bond motifs is 1. The largest absolute Gasteiger partial charge is 0.337 e. The van der Waals surface area contributed by atoms with Gasteiger partial charge in [-0.15, -0.1) is 0 Å². The lowest BCUT2D eigenvalue weighted by Gasteiger charge is -2.22. The average molecular weight is 428 g/mol. The summed E-state index contributed by atoms with van der Waals surface area (Å²) in [7, 11) is 0. The predicted molar refractivity (Wildman–Crippen MR) is 126 cm³/mol. The highest BCUT2D eigenvalue weighted by atomic mass is 16.2. The number of rotatable bonds is 5. The SMILES string of the molecule is CCN(C(=O)Cn1c(=O)c2c(C)cc(C)nc2n(-c2ccccc2)c1=O)c1ccccc1. The molecule has 2 aromatic carbocycles. The number of anilines is 1. The summed E-state index contributed by atoms with van der Waals surface area (Å²) in [6.45, 7) is 5.54. The van der Waals surface area contributed by atoms with E-state index in [1.54, 1.807) is 23.1 Å². The Morgan fingerprint density at radius 3 is 2.22 bits per heavy atom. The molecule has 0 spiro atoms. The maximum absolute atomic E-state index is 13.5. The number of aryl methyl sites for hydroxylation is 2. The molecular weight excluding hydrogens is 404 g/mol. The molecule has 0 fully saturated rings. The third kappa shape index (κ3) is 3.73. The van der Waals surface area contributed by atoms with Crippen molar-refractivity contribution in [3.8, 4) is 5.69 Å². The highest BCUT2D eigenvalue weighted by Gasteiger charge is 2.22. The maximum atomic E-state index is 13.5. The molecule has 0 N–H and O–H groups in total. The number of aromatic nitrogens is 3. The zero-order valence-electron chi connectivity index (χ0n) is 18.3. The van der Waals surface area contributed by atoms with E-state index in [1.165, 1.54) is 4.57 Å². The summed E-state index contributed by atoms with van der Waals surface area (Å²) in [5.41, 5.74) is 1.89. The van der Waals surface area contributed by atoms with Crippen LogP contribution in [-0.2, 0) is 11.3 Å². The van der Waals surface area contributed by atoms with E-state index in [0.29, 0.717) is 40.2 Å². The molecule has 1 amide bonds. The summed E-state index contributed by atoms with van der Waals surface area (Å²) < 4.78 is 2.41. The first kappa shape index (κ1) is 21.2. The molecule has 0 radical (unpaired) electrons. The van der Waals surface area contributed by atoms with Crippen molar-refractivity contribution in [1.82, 2.24) is 14.1 Å². The summed E-state index contributed by atoms with van der Waals surface area (Å²) in [6, 6.07) is 20.0. The van der Waals surface area contributed by atoms with Gasteiger partial charge in [-0.3, -0.25) is 9.59 Å². The average Bonchev–Trinajstić information content (AvgIpc) is 2.78. The Morgan fingerprint density at radius 1 is 0.969 bits per heavy atom. The van der Waals surface area contributed by atoms with Crippen molar-refractivity contribution in [1.29, 1.82) is 0 Å². The number of carbonyl (C=O) groups is 1. The molecule has 0 bridgehead atoms. The van der Waals surface area contributed by atoms with Gasteiger partial charge in [-0.1, -0.05) is 36.4 Å². The summed E-state index contributed by atoms with van der Waals surface area (Å²) in [5.74, 6) is -0.338. The third-order valence-corrected chi connectivity index (χ3v) is 5.41. The number of carbonyl (C=O) groups excluding carboxylic acids is 1. The summed E-state index contributed by atoms with van der Waals surface area (Å²) in [5, 5.41) is 0.328. The Kier molecular flexibility index (Phi) is 5.73. The monoisotopic (exact) mass is 428 g/mol. The van der Waals surface area contributed by atoms with Gasteiger partial charge in [0, 0.05) is 17.9 Å². The fourth-order valence-corrected chi connectivity index (χ4v) is 3.96. The molecule has 0 aliphatic rings. The lowest BCUT2D eigenvalue weighted by atomic mass is 10.1. The molecule has 0 atom stereocenters. The van der Waals surface area contributed by atoms with Gasteiger partial charge >= 0.3 is 5.69 Å². The van der Waals surface area contributed by atoms with Gasteiger partial charge in [0.1, 0.15) is 6.54 Å². The standard InChI is InChI=1S/C25H24N4O3/c1-4-27(19-11-7-5-8-12-19)21(30)16-28-24(31)22-17(2)15-18(3)26-23(22)29(25(28)32)20-13-9-6-10-14-20/h5-15H,4,16H2,1-3H3. The van der Waals surface area contributed by atoms with Gasteiger partial charge in [0.05, 0.1) is 11.1 Å². The van der Waals surface area contributed by atoms with E-state index >= 15 is 0 Å². The van der Waals surface area contributed by atoms with E-state index in [9.17, 15) is 14.4 Å². The first-order valence-corrected chi connectivity index (χ1v) is 10.5. The topological polar surface area (TPSA) is 77.2 Å². The van der Waals surface area contributed by atoms with Gasteiger partial charge in [-0.25, -0.2) is 18.9 Å². The lowest BCUT2D eigenvalue weighted by Crippen LogP contribution is -2.45. The van der Waals surface area contributed by atoms with Crippen LogP contribution < -0.4 is 16.1 Å². The second-order valence-electron chi connectivity index (χ2n) is 7.60. The molecule has 4 rings (SSSR count). The Morgan fingerprint density at radius 2 is 1.59 bits per heavy atom. The van der Waals surface area contributed by atoms with Crippen LogP contribution in [0.3, 0.4) is 0 Å². The summed E-state index contributed by atoms with van der Waals surface area (Å²) in [6.07, 6.45) is 0. The molecule has 7 heteroatoms. The van der Waals surface area contributed by atoms with Crippen molar-refractivity contribution >= 4 is 22.6 Å². The zero-order chi connectivity index (χ0) is 22.8. The van der Waals surface area contributed by atoms with Crippen LogP contribution in [0.2, 0.25) is 0 Å². The summed E-state index contributed by atoms with van der Waals surface area (Å²) >= 11 is 0. The van der Waals surface area contributed by atoms with Gasteiger partial charge < -0.3 is 4.90 Å². The quantitative estimate of drug-likeness (QED) is 0.489. The van der Waals surface area contributed by atoms with Crippen LogP contribution in [0.5, 0.6) is 0 Å². The summed E-state index contributed by atoms with van der Waals surface area (Å²) in [4.78, 5) is 46.2. The molecule has 0 aliphatic heterocycles.